The lowest BCUT2D eigenvalue weighted by molar-refractivity contribution is -0.139. The van der Waals surface area contributed by atoms with Crippen molar-refractivity contribution in [3.05, 3.63) is 35.4 Å². The van der Waals surface area contributed by atoms with Crippen molar-refractivity contribution in [3.63, 3.8) is 0 Å². The molecular weight excluding hydrogens is 277 g/mol. The van der Waals surface area contributed by atoms with Crippen molar-refractivity contribution < 1.29 is 27.9 Å². The Morgan fingerprint density at radius 1 is 1.25 bits per heavy atom. The molecule has 0 saturated heterocycles. The van der Waals surface area contributed by atoms with Gasteiger partial charge in [-0.1, -0.05) is 12.1 Å². The normalized spacial score (nSPS) is 12.6. The zero-order valence-electron chi connectivity index (χ0n) is 10.5. The zero-order chi connectivity index (χ0) is 15.3. The number of carboxylic acids is 1. The number of benzene rings is 1. The van der Waals surface area contributed by atoms with Crippen molar-refractivity contribution in [2.75, 3.05) is 0 Å². The van der Waals surface area contributed by atoms with Gasteiger partial charge in [-0.25, -0.2) is 4.79 Å². The molecule has 0 aromatic heterocycles. The largest absolute Gasteiger partial charge is 0.480 e. The molecule has 0 radical (unpaired) electrons. The summed E-state index contributed by atoms with van der Waals surface area (Å²) in [5.74, 6) is -1.19. The first-order valence-corrected chi connectivity index (χ1v) is 5.63. The van der Waals surface area contributed by atoms with E-state index in [4.69, 9.17) is 5.11 Å². The molecule has 0 aliphatic heterocycles. The molecule has 0 aliphatic carbocycles. The van der Waals surface area contributed by atoms with Gasteiger partial charge in [0.05, 0.1) is 5.56 Å². The van der Waals surface area contributed by atoms with Gasteiger partial charge < -0.3 is 15.7 Å². The van der Waals surface area contributed by atoms with Gasteiger partial charge in [-0.05, 0) is 24.6 Å². The van der Waals surface area contributed by atoms with Gasteiger partial charge in [0.2, 0.25) is 0 Å². The van der Waals surface area contributed by atoms with Crippen molar-refractivity contribution in [3.8, 4) is 0 Å². The lowest BCUT2D eigenvalue weighted by atomic mass is 10.1. The number of hydrogen-bond donors (Lipinski definition) is 3. The molecule has 0 heterocycles. The van der Waals surface area contributed by atoms with Crippen LogP contribution in [-0.4, -0.2) is 23.1 Å². The molecule has 0 aliphatic rings. The minimum absolute atomic E-state index is 0.00366. The van der Waals surface area contributed by atoms with E-state index >= 15 is 0 Å². The molecule has 1 rings (SSSR count). The summed E-state index contributed by atoms with van der Waals surface area (Å²) in [6.07, 6.45) is -4.40. The number of halogens is 3. The highest BCUT2D eigenvalue weighted by atomic mass is 19.4. The van der Waals surface area contributed by atoms with E-state index in [-0.39, 0.29) is 6.54 Å². The van der Waals surface area contributed by atoms with Gasteiger partial charge in [0.15, 0.2) is 0 Å². The maximum Gasteiger partial charge on any atom is 0.416 e. The quantitative estimate of drug-likeness (QED) is 0.793. The average molecular weight is 290 g/mol. The van der Waals surface area contributed by atoms with Gasteiger partial charge in [-0.2, -0.15) is 13.2 Å². The van der Waals surface area contributed by atoms with Crippen LogP contribution < -0.4 is 10.6 Å². The number of aliphatic carboxylic acids is 1. The number of nitrogens with one attached hydrogen (secondary N) is 2. The van der Waals surface area contributed by atoms with Crippen LogP contribution in [0, 0.1) is 0 Å². The minimum atomic E-state index is -4.40. The van der Waals surface area contributed by atoms with Crippen LogP contribution in [0.15, 0.2) is 24.3 Å². The second-order valence-electron chi connectivity index (χ2n) is 4.08. The average Bonchev–Trinajstić information content (AvgIpc) is 2.35. The third-order valence-corrected chi connectivity index (χ3v) is 2.45. The Kier molecular flexibility index (Phi) is 4.95. The molecule has 0 spiro atoms. The van der Waals surface area contributed by atoms with Crippen LogP contribution in [0.25, 0.3) is 0 Å². The van der Waals surface area contributed by atoms with E-state index < -0.39 is 29.8 Å². The molecule has 1 aromatic rings. The summed E-state index contributed by atoms with van der Waals surface area (Å²) in [4.78, 5) is 21.8. The topological polar surface area (TPSA) is 78.4 Å². The monoisotopic (exact) mass is 290 g/mol. The van der Waals surface area contributed by atoms with E-state index in [1.165, 1.54) is 19.1 Å². The molecule has 3 N–H and O–H groups in total. The van der Waals surface area contributed by atoms with E-state index in [0.717, 1.165) is 12.1 Å². The van der Waals surface area contributed by atoms with Crippen molar-refractivity contribution in [2.45, 2.75) is 25.7 Å². The van der Waals surface area contributed by atoms with Crippen LogP contribution in [0.3, 0.4) is 0 Å². The predicted octanol–water partition coefficient (Wildman–Crippen LogP) is 1.98. The maximum absolute atomic E-state index is 12.3. The van der Waals surface area contributed by atoms with Crippen molar-refractivity contribution in [1.82, 2.24) is 10.6 Å². The van der Waals surface area contributed by atoms with E-state index in [1.807, 2.05) is 0 Å². The van der Waals surface area contributed by atoms with Crippen LogP contribution in [0.2, 0.25) is 0 Å². The van der Waals surface area contributed by atoms with E-state index in [9.17, 15) is 22.8 Å². The first-order valence-electron chi connectivity index (χ1n) is 5.63. The van der Waals surface area contributed by atoms with Gasteiger partial charge >= 0.3 is 18.2 Å². The smallest absolute Gasteiger partial charge is 0.416 e. The summed E-state index contributed by atoms with van der Waals surface area (Å²) in [5, 5.41) is 13.1. The van der Waals surface area contributed by atoms with Crippen LogP contribution in [0.1, 0.15) is 18.1 Å². The molecular formula is C12H13F3N2O3. The Bertz CT molecular complexity index is 486. The second kappa shape index (κ2) is 6.27. The molecule has 0 bridgehead atoms. The number of carbonyl (C=O) groups excluding carboxylic acids is 1. The first kappa shape index (κ1) is 15.8. The standard InChI is InChI=1S/C12H13F3N2O3/c1-7(10(18)19)17-11(20)16-6-8-2-4-9(5-3-8)12(13,14)15/h2-5,7H,6H2,1H3,(H,18,19)(H2,16,17,20). The number of alkyl halides is 3. The van der Waals surface area contributed by atoms with E-state index in [0.29, 0.717) is 5.56 Å². The zero-order valence-corrected chi connectivity index (χ0v) is 10.5. The summed E-state index contributed by atoms with van der Waals surface area (Å²) in [6.45, 7) is 1.29. The van der Waals surface area contributed by atoms with Gasteiger partial charge in [-0.15, -0.1) is 0 Å². The Morgan fingerprint density at radius 2 is 1.80 bits per heavy atom. The third kappa shape index (κ3) is 4.79. The van der Waals surface area contributed by atoms with Crippen molar-refractivity contribution >= 4 is 12.0 Å². The first-order chi connectivity index (χ1) is 9.20. The highest BCUT2D eigenvalue weighted by molar-refractivity contribution is 5.82. The van der Waals surface area contributed by atoms with Crippen LogP contribution in [0.4, 0.5) is 18.0 Å². The number of urea groups is 1. The Hall–Kier alpha value is -2.25. The molecule has 2 amide bonds. The molecule has 110 valence electrons. The SMILES string of the molecule is CC(NC(=O)NCc1ccc(C(F)(F)F)cc1)C(=O)O. The fourth-order valence-electron chi connectivity index (χ4n) is 1.30. The molecule has 1 unspecified atom stereocenters. The number of amides is 2. The number of carbonyl (C=O) groups is 2. The lowest BCUT2D eigenvalue weighted by Crippen LogP contribution is -2.44. The van der Waals surface area contributed by atoms with Crippen LogP contribution in [-0.2, 0) is 17.5 Å². The number of rotatable bonds is 4. The number of carboxylic acid groups (broad SMARTS) is 1. The molecule has 1 atom stereocenters. The summed E-state index contributed by atoms with van der Waals surface area (Å²) in [6, 6.07) is 2.54. The second-order valence-corrected chi connectivity index (χ2v) is 4.08. The van der Waals surface area contributed by atoms with Gasteiger partial charge in [0, 0.05) is 6.54 Å². The lowest BCUT2D eigenvalue weighted by Gasteiger charge is -2.11. The fourth-order valence-corrected chi connectivity index (χ4v) is 1.30. The Balaban J connectivity index is 2.50. The molecule has 1 aromatic carbocycles. The summed E-state index contributed by atoms with van der Waals surface area (Å²) in [5.41, 5.74) is -0.304. The number of hydrogen-bond acceptors (Lipinski definition) is 2. The van der Waals surface area contributed by atoms with E-state index in [2.05, 4.69) is 10.6 Å². The highest BCUT2D eigenvalue weighted by Gasteiger charge is 2.29. The minimum Gasteiger partial charge on any atom is -0.480 e. The summed E-state index contributed by atoms with van der Waals surface area (Å²) < 4.78 is 37.0. The molecule has 0 saturated carbocycles. The van der Waals surface area contributed by atoms with Crippen LogP contribution >= 0.6 is 0 Å². The van der Waals surface area contributed by atoms with Crippen molar-refractivity contribution in [1.29, 1.82) is 0 Å². The van der Waals surface area contributed by atoms with Gasteiger partial charge in [0.1, 0.15) is 6.04 Å². The van der Waals surface area contributed by atoms with Crippen LogP contribution in [0.5, 0.6) is 0 Å². The molecule has 5 nitrogen and oxygen atoms in total. The molecule has 8 heteroatoms. The van der Waals surface area contributed by atoms with E-state index in [1.54, 1.807) is 0 Å². The van der Waals surface area contributed by atoms with Gasteiger partial charge in [0.25, 0.3) is 0 Å². The molecule has 20 heavy (non-hydrogen) atoms. The summed E-state index contributed by atoms with van der Waals surface area (Å²) in [7, 11) is 0. The van der Waals surface area contributed by atoms with Gasteiger partial charge in [-0.3, -0.25) is 4.79 Å². The Morgan fingerprint density at radius 3 is 2.25 bits per heavy atom. The molecule has 0 fully saturated rings. The third-order valence-electron chi connectivity index (χ3n) is 2.45. The fraction of sp³-hybridized carbons (Fsp3) is 0.333. The highest BCUT2D eigenvalue weighted by Crippen LogP contribution is 2.28. The predicted molar refractivity (Wildman–Crippen MR) is 63.9 cm³/mol. The van der Waals surface area contributed by atoms with Crippen molar-refractivity contribution in [2.24, 2.45) is 0 Å². The summed E-state index contributed by atoms with van der Waals surface area (Å²) >= 11 is 0. The Labute approximate surface area is 112 Å². The maximum atomic E-state index is 12.3.